The maximum absolute atomic E-state index is 11.0. The van der Waals surface area contributed by atoms with Crippen molar-refractivity contribution in [1.82, 2.24) is 0 Å². The number of anilines is 2. The van der Waals surface area contributed by atoms with Gasteiger partial charge in [0.05, 0.1) is 17.3 Å². The molecule has 92 valence electrons. The molecule has 2 aromatic carbocycles. The molecule has 0 aliphatic carbocycles. The minimum Gasteiger partial charge on any atom is -0.356 e. The second kappa shape index (κ2) is 3.60. The number of benzene rings is 2. The highest BCUT2D eigenvalue weighted by atomic mass is 16.6. The Morgan fingerprint density at radius 3 is 2.61 bits per heavy atom. The fraction of sp³-hybridized carbons (Fsp3) is 0.231. The highest BCUT2D eigenvalue weighted by Crippen LogP contribution is 2.40. The first-order valence-corrected chi connectivity index (χ1v) is 5.71. The summed E-state index contributed by atoms with van der Waals surface area (Å²) in [6.07, 6.45) is 0. The van der Waals surface area contributed by atoms with Crippen LogP contribution >= 0.6 is 0 Å². The van der Waals surface area contributed by atoms with Gasteiger partial charge in [-0.3, -0.25) is 10.1 Å². The summed E-state index contributed by atoms with van der Waals surface area (Å²) in [7, 11) is 3.97. The van der Waals surface area contributed by atoms with Gasteiger partial charge < -0.3 is 9.80 Å². The lowest BCUT2D eigenvalue weighted by Crippen LogP contribution is -2.36. The maximum atomic E-state index is 11.0. The Bertz CT molecular complexity index is 654. The van der Waals surface area contributed by atoms with Crippen LogP contribution in [0.4, 0.5) is 17.1 Å². The fourth-order valence-electron chi connectivity index (χ4n) is 2.57. The summed E-state index contributed by atoms with van der Waals surface area (Å²) in [6, 6.07) is 9.19. The van der Waals surface area contributed by atoms with Crippen molar-refractivity contribution in [2.75, 3.05) is 30.6 Å². The van der Waals surface area contributed by atoms with Gasteiger partial charge in [0.2, 0.25) is 0 Å². The molecule has 5 heteroatoms. The smallest absolute Gasteiger partial charge is 0.272 e. The molecule has 5 nitrogen and oxygen atoms in total. The maximum Gasteiger partial charge on any atom is 0.272 e. The third-order valence-electron chi connectivity index (χ3n) is 3.38. The molecule has 1 aliphatic heterocycles. The number of hydrogen-bond acceptors (Lipinski definition) is 4. The van der Waals surface area contributed by atoms with E-state index in [0.717, 1.165) is 28.8 Å². The lowest BCUT2D eigenvalue weighted by atomic mass is 10.0. The van der Waals surface area contributed by atoms with Gasteiger partial charge in [-0.05, 0) is 11.5 Å². The highest BCUT2D eigenvalue weighted by molar-refractivity contribution is 6.06. The van der Waals surface area contributed by atoms with Crippen LogP contribution in [-0.4, -0.2) is 25.7 Å². The summed E-state index contributed by atoms with van der Waals surface area (Å²) >= 11 is 0. The van der Waals surface area contributed by atoms with Crippen molar-refractivity contribution in [3.05, 3.63) is 40.4 Å². The molecule has 2 aromatic rings. The summed E-state index contributed by atoms with van der Waals surface area (Å²) < 4.78 is 0. The van der Waals surface area contributed by atoms with E-state index < -0.39 is 0 Å². The van der Waals surface area contributed by atoms with Gasteiger partial charge in [-0.2, -0.15) is 0 Å². The molecule has 0 N–H and O–H groups in total. The Balaban J connectivity index is 2.41. The molecule has 0 amide bonds. The van der Waals surface area contributed by atoms with E-state index in [1.165, 1.54) is 0 Å². The monoisotopic (exact) mass is 243 g/mol. The van der Waals surface area contributed by atoms with E-state index in [-0.39, 0.29) is 10.6 Å². The summed E-state index contributed by atoms with van der Waals surface area (Å²) in [4.78, 5) is 14.8. The quantitative estimate of drug-likeness (QED) is 0.570. The molecule has 0 atom stereocenters. The van der Waals surface area contributed by atoms with Crippen LogP contribution in [0, 0.1) is 10.1 Å². The van der Waals surface area contributed by atoms with Gasteiger partial charge in [-0.25, -0.2) is 0 Å². The number of rotatable bonds is 1. The Morgan fingerprint density at radius 1 is 1.17 bits per heavy atom. The van der Waals surface area contributed by atoms with E-state index in [9.17, 15) is 10.1 Å². The molecular weight excluding hydrogens is 230 g/mol. The average Bonchev–Trinajstić information content (AvgIpc) is 2.35. The zero-order valence-electron chi connectivity index (χ0n) is 10.3. The van der Waals surface area contributed by atoms with Crippen LogP contribution in [0.3, 0.4) is 0 Å². The van der Waals surface area contributed by atoms with Crippen LogP contribution in [0.5, 0.6) is 0 Å². The third-order valence-corrected chi connectivity index (χ3v) is 3.38. The molecule has 0 radical (unpaired) electrons. The minimum absolute atomic E-state index is 0.144. The van der Waals surface area contributed by atoms with Crippen molar-refractivity contribution >= 4 is 27.8 Å². The first kappa shape index (κ1) is 10.8. The Hall–Kier alpha value is -2.30. The minimum atomic E-state index is -0.339. The van der Waals surface area contributed by atoms with Crippen molar-refractivity contribution in [1.29, 1.82) is 0 Å². The summed E-state index contributed by atoms with van der Waals surface area (Å²) in [5, 5.41) is 13.0. The topological polar surface area (TPSA) is 49.6 Å². The Kier molecular flexibility index (Phi) is 2.16. The van der Waals surface area contributed by atoms with Gasteiger partial charge in [-0.15, -0.1) is 0 Å². The third kappa shape index (κ3) is 1.40. The molecule has 0 saturated heterocycles. The molecular formula is C13H13N3O2. The number of nitro groups is 1. The van der Waals surface area contributed by atoms with Crippen molar-refractivity contribution in [2.24, 2.45) is 0 Å². The SMILES string of the molecule is CN1CN(C)c2cc([N+](=O)[O-])cc3cccc1c23. The van der Waals surface area contributed by atoms with Gasteiger partial charge in [0.15, 0.2) is 0 Å². The summed E-state index contributed by atoms with van der Waals surface area (Å²) in [6.45, 7) is 0.729. The van der Waals surface area contributed by atoms with Gasteiger partial charge in [0.25, 0.3) is 5.69 Å². The fourth-order valence-corrected chi connectivity index (χ4v) is 2.57. The second-order valence-electron chi connectivity index (χ2n) is 4.63. The molecule has 0 bridgehead atoms. The molecule has 0 unspecified atom stereocenters. The van der Waals surface area contributed by atoms with Gasteiger partial charge in [0, 0.05) is 37.3 Å². The molecule has 3 rings (SSSR count). The van der Waals surface area contributed by atoms with Crippen LogP contribution in [0.2, 0.25) is 0 Å². The highest BCUT2D eigenvalue weighted by Gasteiger charge is 2.22. The van der Waals surface area contributed by atoms with Crippen molar-refractivity contribution in [3.63, 3.8) is 0 Å². The molecule has 0 spiro atoms. The van der Waals surface area contributed by atoms with Crippen LogP contribution in [0.15, 0.2) is 30.3 Å². The van der Waals surface area contributed by atoms with Gasteiger partial charge in [0.1, 0.15) is 0 Å². The Morgan fingerprint density at radius 2 is 1.89 bits per heavy atom. The number of nitro benzene ring substituents is 1. The average molecular weight is 243 g/mol. The predicted molar refractivity (Wildman–Crippen MR) is 72.3 cm³/mol. The van der Waals surface area contributed by atoms with Crippen molar-refractivity contribution in [3.8, 4) is 0 Å². The van der Waals surface area contributed by atoms with Gasteiger partial charge in [-0.1, -0.05) is 12.1 Å². The summed E-state index contributed by atoms with van der Waals surface area (Å²) in [5.74, 6) is 0. The predicted octanol–water partition coefficient (Wildman–Crippen LogP) is 2.59. The zero-order valence-corrected chi connectivity index (χ0v) is 10.3. The standard InChI is InChI=1S/C13H13N3O2/c1-14-8-15(2)12-7-10(16(17)18)6-9-4-3-5-11(14)13(9)12/h3-7H,8H2,1-2H3. The number of hydrogen-bond donors (Lipinski definition) is 0. The van der Waals surface area contributed by atoms with Crippen molar-refractivity contribution < 1.29 is 4.92 Å². The summed E-state index contributed by atoms with van der Waals surface area (Å²) in [5.41, 5.74) is 2.19. The molecule has 0 aromatic heterocycles. The lowest BCUT2D eigenvalue weighted by molar-refractivity contribution is -0.384. The van der Waals surface area contributed by atoms with Gasteiger partial charge >= 0.3 is 0 Å². The van der Waals surface area contributed by atoms with E-state index in [0.29, 0.717) is 0 Å². The van der Waals surface area contributed by atoms with Crippen LogP contribution in [0.25, 0.3) is 10.8 Å². The number of nitrogens with zero attached hydrogens (tertiary/aromatic N) is 3. The van der Waals surface area contributed by atoms with E-state index in [1.807, 2.05) is 37.2 Å². The lowest BCUT2D eigenvalue weighted by Gasteiger charge is -2.35. The van der Waals surface area contributed by atoms with Crippen LogP contribution in [-0.2, 0) is 0 Å². The molecule has 0 saturated carbocycles. The largest absolute Gasteiger partial charge is 0.356 e. The zero-order chi connectivity index (χ0) is 12.9. The Labute approximate surface area is 104 Å². The van der Waals surface area contributed by atoms with E-state index in [4.69, 9.17) is 0 Å². The molecule has 1 heterocycles. The van der Waals surface area contributed by atoms with Crippen molar-refractivity contribution in [2.45, 2.75) is 0 Å². The first-order chi connectivity index (χ1) is 8.58. The van der Waals surface area contributed by atoms with E-state index in [1.54, 1.807) is 12.1 Å². The van der Waals surface area contributed by atoms with Crippen LogP contribution < -0.4 is 9.80 Å². The van der Waals surface area contributed by atoms with E-state index in [2.05, 4.69) is 4.90 Å². The molecule has 18 heavy (non-hydrogen) atoms. The second-order valence-corrected chi connectivity index (χ2v) is 4.63. The van der Waals surface area contributed by atoms with E-state index >= 15 is 0 Å². The molecule has 1 aliphatic rings. The molecule has 0 fully saturated rings. The normalized spacial score (nSPS) is 14.1. The number of non-ortho nitro benzene ring substituents is 1. The first-order valence-electron chi connectivity index (χ1n) is 5.71. The van der Waals surface area contributed by atoms with Crippen LogP contribution in [0.1, 0.15) is 0 Å².